The molecule has 0 saturated heterocycles. The summed E-state index contributed by atoms with van der Waals surface area (Å²) in [6.45, 7) is 15.4. The molecule has 5 nitrogen and oxygen atoms in total. The molecule has 5 rings (SSSR count). The molecule has 36 heavy (non-hydrogen) atoms. The summed E-state index contributed by atoms with van der Waals surface area (Å²) >= 11 is 0. The van der Waals surface area contributed by atoms with Crippen LogP contribution in [0.15, 0.2) is 11.1 Å². The second-order valence-corrected chi connectivity index (χ2v) is 14.5. The first-order chi connectivity index (χ1) is 16.7. The lowest BCUT2D eigenvalue weighted by Gasteiger charge is -2.68. The molecule has 0 aromatic rings. The van der Waals surface area contributed by atoms with E-state index in [2.05, 4.69) is 41.5 Å². The van der Waals surface area contributed by atoms with E-state index >= 15 is 0 Å². The van der Waals surface area contributed by atoms with Crippen molar-refractivity contribution in [1.82, 2.24) is 0 Å². The van der Waals surface area contributed by atoms with Crippen molar-refractivity contribution in [2.45, 2.75) is 112 Å². The minimum Gasteiger partial charge on any atom is -0.462 e. The third kappa shape index (κ3) is 3.29. The Bertz CT molecular complexity index is 1030. The Labute approximate surface area is 217 Å². The van der Waals surface area contributed by atoms with Gasteiger partial charge >= 0.3 is 5.97 Å². The quantitative estimate of drug-likeness (QED) is 0.485. The number of fused-ring (bicyclic) bond motifs is 7. The van der Waals surface area contributed by atoms with E-state index in [0.29, 0.717) is 30.1 Å². The molecule has 0 bridgehead atoms. The van der Waals surface area contributed by atoms with Crippen molar-refractivity contribution in [3.8, 4) is 0 Å². The largest absolute Gasteiger partial charge is 0.462 e. The highest BCUT2D eigenvalue weighted by Crippen LogP contribution is 2.72. The molecule has 4 fully saturated rings. The fraction of sp³-hybridized carbons (Fsp3) is 0.839. The number of carbonyl (C=O) groups excluding carboxylic acids is 3. The van der Waals surface area contributed by atoms with Gasteiger partial charge in [-0.15, -0.1) is 0 Å². The normalized spacial score (nSPS) is 45.4. The van der Waals surface area contributed by atoms with E-state index in [-0.39, 0.29) is 45.9 Å². The maximum atomic E-state index is 13.2. The summed E-state index contributed by atoms with van der Waals surface area (Å²) < 4.78 is 5.85. The Morgan fingerprint density at radius 2 is 1.58 bits per heavy atom. The third-order valence-corrected chi connectivity index (χ3v) is 12.3. The van der Waals surface area contributed by atoms with Crippen LogP contribution in [-0.2, 0) is 19.1 Å². The van der Waals surface area contributed by atoms with Crippen molar-refractivity contribution in [2.24, 2.45) is 57.0 Å². The molecule has 4 saturated carbocycles. The van der Waals surface area contributed by atoms with Gasteiger partial charge in [-0.25, -0.2) is 0 Å². The molecule has 1 amide bonds. The predicted octanol–water partition coefficient (Wildman–Crippen LogP) is 5.99. The lowest BCUT2D eigenvalue weighted by atomic mass is 9.36. The molecule has 8 unspecified atom stereocenters. The van der Waals surface area contributed by atoms with Gasteiger partial charge in [0.05, 0.1) is 5.41 Å². The van der Waals surface area contributed by atoms with Gasteiger partial charge in [0.1, 0.15) is 6.10 Å². The average molecular weight is 498 g/mol. The van der Waals surface area contributed by atoms with Gasteiger partial charge in [0, 0.05) is 18.8 Å². The zero-order chi connectivity index (χ0) is 26.4. The van der Waals surface area contributed by atoms with Crippen LogP contribution in [0.1, 0.15) is 106 Å². The zero-order valence-electron chi connectivity index (χ0n) is 23.5. The van der Waals surface area contributed by atoms with Gasteiger partial charge in [-0.1, -0.05) is 41.5 Å². The van der Waals surface area contributed by atoms with Crippen LogP contribution in [0.3, 0.4) is 0 Å². The molecule has 0 aromatic heterocycles. The molecule has 0 radical (unpaired) electrons. The molecule has 2 N–H and O–H groups in total. The summed E-state index contributed by atoms with van der Waals surface area (Å²) in [7, 11) is 0. The van der Waals surface area contributed by atoms with Gasteiger partial charge in [-0.05, 0) is 103 Å². The highest BCUT2D eigenvalue weighted by molar-refractivity contribution is 6.06. The van der Waals surface area contributed by atoms with Crippen molar-refractivity contribution in [1.29, 1.82) is 0 Å². The first-order valence-electron chi connectivity index (χ1n) is 14.4. The van der Waals surface area contributed by atoms with E-state index in [0.717, 1.165) is 62.5 Å². The molecule has 0 aliphatic heterocycles. The number of hydrogen-bond donors (Lipinski definition) is 1. The number of allylic oxidation sites excluding steroid dienone is 1. The molecule has 0 spiro atoms. The van der Waals surface area contributed by atoms with Crippen molar-refractivity contribution in [3.63, 3.8) is 0 Å². The Morgan fingerprint density at radius 1 is 0.917 bits per heavy atom. The number of hydrogen-bond acceptors (Lipinski definition) is 4. The summed E-state index contributed by atoms with van der Waals surface area (Å²) in [6.07, 6.45) is 8.52. The minimum absolute atomic E-state index is 0.0112. The van der Waals surface area contributed by atoms with Crippen LogP contribution in [-0.4, -0.2) is 23.8 Å². The third-order valence-electron chi connectivity index (χ3n) is 12.3. The fourth-order valence-electron chi connectivity index (χ4n) is 11.0. The monoisotopic (exact) mass is 497 g/mol. The van der Waals surface area contributed by atoms with E-state index in [1.54, 1.807) is 0 Å². The van der Waals surface area contributed by atoms with E-state index < -0.39 is 5.41 Å². The molecular formula is C31H47NO4. The highest BCUT2D eigenvalue weighted by atomic mass is 16.5. The maximum Gasteiger partial charge on any atom is 0.302 e. The van der Waals surface area contributed by atoms with Crippen molar-refractivity contribution >= 4 is 17.7 Å². The van der Waals surface area contributed by atoms with E-state index in [4.69, 9.17) is 10.5 Å². The Hall–Kier alpha value is -1.65. The number of esters is 1. The van der Waals surface area contributed by atoms with Crippen LogP contribution in [0.2, 0.25) is 0 Å². The number of Topliss-reactive ketones (excluding diaryl/α,β-unsaturated/α-hetero) is 1. The number of carbonyl (C=O) groups is 3. The number of rotatable bonds is 3. The van der Waals surface area contributed by atoms with Gasteiger partial charge < -0.3 is 10.5 Å². The number of ether oxygens (including phenoxy) is 1. The molecule has 5 heteroatoms. The lowest BCUT2D eigenvalue weighted by Crippen LogP contribution is -2.63. The van der Waals surface area contributed by atoms with Crippen LogP contribution in [0, 0.1) is 51.2 Å². The summed E-state index contributed by atoms with van der Waals surface area (Å²) in [5.41, 5.74) is 7.75. The highest BCUT2D eigenvalue weighted by Gasteiger charge is 2.67. The Morgan fingerprint density at radius 3 is 2.19 bits per heavy atom. The van der Waals surface area contributed by atoms with Crippen molar-refractivity contribution in [2.75, 3.05) is 0 Å². The molecule has 200 valence electrons. The van der Waals surface area contributed by atoms with Gasteiger partial charge in [0.15, 0.2) is 5.78 Å². The minimum atomic E-state index is -0.744. The molecular weight excluding hydrogens is 450 g/mol. The van der Waals surface area contributed by atoms with Gasteiger partial charge in [-0.3, -0.25) is 14.4 Å². The summed E-state index contributed by atoms with van der Waals surface area (Å²) in [6, 6.07) is 0. The van der Waals surface area contributed by atoms with Crippen LogP contribution in [0.4, 0.5) is 0 Å². The molecule has 5 aliphatic rings. The van der Waals surface area contributed by atoms with Gasteiger partial charge in [-0.2, -0.15) is 0 Å². The molecule has 5 aliphatic carbocycles. The zero-order valence-corrected chi connectivity index (χ0v) is 23.5. The second-order valence-electron chi connectivity index (χ2n) is 14.5. The molecule has 0 heterocycles. The smallest absolute Gasteiger partial charge is 0.302 e. The number of ketones is 1. The number of primary amides is 1. The molecule has 8 atom stereocenters. The topological polar surface area (TPSA) is 86.5 Å². The Balaban J connectivity index is 1.52. The number of nitrogens with two attached hydrogens (primary N) is 1. The number of amides is 1. The lowest BCUT2D eigenvalue weighted by molar-refractivity contribution is -0.212. The van der Waals surface area contributed by atoms with E-state index in [1.807, 2.05) is 0 Å². The standard InChI is InChI=1S/C31H47NO4/c1-17(2)25-21(34)16-31(27(32)35)15-10-20-19(26(25)31)8-9-23-29(20,6)13-11-22-28(4,5)24(36-18(3)33)12-14-30(22,23)7/h17,19-20,22-24H,8-16H2,1-7H3,(H2,32,35). The van der Waals surface area contributed by atoms with Gasteiger partial charge in [0.2, 0.25) is 5.91 Å². The average Bonchev–Trinajstić information content (AvgIpc) is 3.09. The fourth-order valence-corrected chi connectivity index (χ4v) is 11.0. The van der Waals surface area contributed by atoms with E-state index in [1.165, 1.54) is 6.92 Å². The Kier molecular flexibility index (Phi) is 5.90. The first kappa shape index (κ1) is 26.0. The SMILES string of the molecule is CC(=O)OC1CCC2(C)C(CCC3(C)C4CCC5(C(N)=O)CC(=O)C(C(C)C)=C5C4CCC32)C1(C)C. The van der Waals surface area contributed by atoms with Crippen LogP contribution in [0.5, 0.6) is 0 Å². The second kappa shape index (κ2) is 8.17. The van der Waals surface area contributed by atoms with Crippen LogP contribution < -0.4 is 5.73 Å². The van der Waals surface area contributed by atoms with Gasteiger partial charge in [0.25, 0.3) is 0 Å². The first-order valence-corrected chi connectivity index (χ1v) is 14.4. The van der Waals surface area contributed by atoms with Crippen molar-refractivity contribution in [3.05, 3.63) is 11.1 Å². The van der Waals surface area contributed by atoms with Crippen molar-refractivity contribution < 1.29 is 19.1 Å². The van der Waals surface area contributed by atoms with Crippen LogP contribution >= 0.6 is 0 Å². The summed E-state index contributed by atoms with van der Waals surface area (Å²) in [5.74, 6) is 1.74. The maximum absolute atomic E-state index is 13.2. The molecule has 0 aromatic carbocycles. The predicted molar refractivity (Wildman–Crippen MR) is 140 cm³/mol. The summed E-state index contributed by atoms with van der Waals surface area (Å²) in [4.78, 5) is 38.0. The summed E-state index contributed by atoms with van der Waals surface area (Å²) in [5, 5.41) is 0. The van der Waals surface area contributed by atoms with Crippen LogP contribution in [0.25, 0.3) is 0 Å². The van der Waals surface area contributed by atoms with E-state index in [9.17, 15) is 14.4 Å².